The van der Waals surface area contributed by atoms with E-state index in [1.165, 1.54) is 0 Å². The summed E-state index contributed by atoms with van der Waals surface area (Å²) in [7, 11) is 0. The zero-order valence-electron chi connectivity index (χ0n) is 8.46. The summed E-state index contributed by atoms with van der Waals surface area (Å²) in [6.07, 6.45) is 2.46. The molecule has 1 atom stereocenters. The van der Waals surface area contributed by atoms with E-state index in [2.05, 4.69) is 4.98 Å². The number of aromatic nitrogens is 1. The molecule has 0 aromatic carbocycles. The average Bonchev–Trinajstić information content (AvgIpc) is 2.10. The van der Waals surface area contributed by atoms with Crippen LogP contribution in [0.4, 0.5) is 0 Å². The lowest BCUT2D eigenvalue weighted by Gasteiger charge is -2.08. The van der Waals surface area contributed by atoms with Gasteiger partial charge in [-0.3, -0.25) is 0 Å². The molecular formula is C10H15ClN2O. The lowest BCUT2D eigenvalue weighted by Crippen LogP contribution is -2.18. The summed E-state index contributed by atoms with van der Waals surface area (Å²) in [4.78, 5) is 3.99. The largest absolute Gasteiger partial charge is 0.492 e. The van der Waals surface area contributed by atoms with E-state index >= 15 is 0 Å². The summed E-state index contributed by atoms with van der Waals surface area (Å²) in [5, 5.41) is 0.518. The monoisotopic (exact) mass is 214 g/mol. The Morgan fingerprint density at radius 3 is 2.93 bits per heavy atom. The zero-order chi connectivity index (χ0) is 10.6. The molecule has 4 heteroatoms. The highest BCUT2D eigenvalue weighted by Gasteiger charge is 2.00. The maximum absolute atomic E-state index is 5.78. The number of rotatable bonds is 4. The van der Waals surface area contributed by atoms with Crippen LogP contribution in [0.15, 0.2) is 12.3 Å². The first-order chi connectivity index (χ1) is 6.59. The second-order valence-electron chi connectivity index (χ2n) is 3.39. The molecule has 0 saturated carbocycles. The smallest absolute Gasteiger partial charge is 0.137 e. The van der Waals surface area contributed by atoms with Crippen LogP contribution in [-0.4, -0.2) is 17.6 Å². The molecule has 0 aliphatic heterocycles. The fourth-order valence-corrected chi connectivity index (χ4v) is 1.08. The molecule has 1 unspecified atom stereocenters. The molecular weight excluding hydrogens is 200 g/mol. The second kappa shape index (κ2) is 5.17. The van der Waals surface area contributed by atoms with E-state index in [0.717, 1.165) is 17.7 Å². The van der Waals surface area contributed by atoms with Crippen LogP contribution in [0.1, 0.15) is 18.9 Å². The number of nitrogens with zero attached hydrogens (tertiary/aromatic N) is 1. The number of hydrogen-bond acceptors (Lipinski definition) is 3. The van der Waals surface area contributed by atoms with Gasteiger partial charge in [0.1, 0.15) is 10.9 Å². The Balaban J connectivity index is 2.47. The summed E-state index contributed by atoms with van der Waals surface area (Å²) in [6, 6.07) is 2.03. The van der Waals surface area contributed by atoms with Gasteiger partial charge in [0.05, 0.1) is 12.8 Å². The summed E-state index contributed by atoms with van der Waals surface area (Å²) in [5.74, 6) is 0.743. The highest BCUT2D eigenvalue weighted by Crippen LogP contribution is 2.17. The molecule has 3 nitrogen and oxygen atoms in total. The van der Waals surface area contributed by atoms with Gasteiger partial charge < -0.3 is 10.5 Å². The van der Waals surface area contributed by atoms with Gasteiger partial charge in [-0.25, -0.2) is 4.98 Å². The van der Waals surface area contributed by atoms with Crippen LogP contribution in [0, 0.1) is 6.92 Å². The van der Waals surface area contributed by atoms with Crippen molar-refractivity contribution in [3.05, 3.63) is 23.0 Å². The van der Waals surface area contributed by atoms with E-state index < -0.39 is 0 Å². The SMILES string of the molecule is Cc1cc(OCCC(C)N)cnc1Cl. The first kappa shape index (κ1) is 11.3. The molecule has 14 heavy (non-hydrogen) atoms. The Hall–Kier alpha value is -0.800. The van der Waals surface area contributed by atoms with Gasteiger partial charge in [0.15, 0.2) is 0 Å². The van der Waals surface area contributed by atoms with Crippen LogP contribution >= 0.6 is 11.6 Å². The number of ether oxygens (including phenoxy) is 1. The lowest BCUT2D eigenvalue weighted by atomic mass is 10.3. The van der Waals surface area contributed by atoms with Gasteiger partial charge >= 0.3 is 0 Å². The minimum absolute atomic E-state index is 0.163. The standard InChI is InChI=1S/C10H15ClN2O/c1-7-5-9(6-13-10(7)11)14-4-3-8(2)12/h5-6,8H,3-4,12H2,1-2H3. The molecule has 0 fully saturated rings. The molecule has 0 bridgehead atoms. The summed E-state index contributed by atoms with van der Waals surface area (Å²) in [5.41, 5.74) is 6.52. The summed E-state index contributed by atoms with van der Waals surface area (Å²) >= 11 is 5.78. The highest BCUT2D eigenvalue weighted by molar-refractivity contribution is 6.30. The third-order valence-electron chi connectivity index (χ3n) is 1.83. The van der Waals surface area contributed by atoms with Gasteiger partial charge in [0, 0.05) is 6.04 Å². The van der Waals surface area contributed by atoms with E-state index in [1.54, 1.807) is 6.20 Å². The number of pyridine rings is 1. The Morgan fingerprint density at radius 2 is 2.36 bits per heavy atom. The molecule has 1 aromatic rings. The first-order valence-corrected chi connectivity index (χ1v) is 4.98. The predicted octanol–water partition coefficient (Wildman–Crippen LogP) is 2.16. The van der Waals surface area contributed by atoms with Crippen LogP contribution < -0.4 is 10.5 Å². The molecule has 0 amide bonds. The molecule has 78 valence electrons. The summed E-state index contributed by atoms with van der Waals surface area (Å²) in [6.45, 7) is 4.46. The fourth-order valence-electron chi connectivity index (χ4n) is 0.974. The first-order valence-electron chi connectivity index (χ1n) is 4.60. The van der Waals surface area contributed by atoms with E-state index in [9.17, 15) is 0 Å². The van der Waals surface area contributed by atoms with Crippen molar-refractivity contribution < 1.29 is 4.74 Å². The summed E-state index contributed by atoms with van der Waals surface area (Å²) < 4.78 is 5.45. The van der Waals surface area contributed by atoms with Crippen molar-refractivity contribution in [2.75, 3.05) is 6.61 Å². The number of hydrogen-bond donors (Lipinski definition) is 1. The molecule has 1 heterocycles. The Kier molecular flexibility index (Phi) is 4.17. The van der Waals surface area contributed by atoms with Gasteiger partial charge in [0.25, 0.3) is 0 Å². The van der Waals surface area contributed by atoms with Gasteiger partial charge in [-0.1, -0.05) is 11.6 Å². The van der Waals surface area contributed by atoms with Crippen molar-refractivity contribution >= 4 is 11.6 Å². The molecule has 1 aromatic heterocycles. The maximum Gasteiger partial charge on any atom is 0.137 e. The van der Waals surface area contributed by atoms with E-state index in [0.29, 0.717) is 11.8 Å². The van der Waals surface area contributed by atoms with Crippen LogP contribution in [0.25, 0.3) is 0 Å². The second-order valence-corrected chi connectivity index (χ2v) is 3.75. The third kappa shape index (κ3) is 3.52. The zero-order valence-corrected chi connectivity index (χ0v) is 9.21. The molecule has 1 rings (SSSR count). The fraction of sp³-hybridized carbons (Fsp3) is 0.500. The molecule has 0 radical (unpaired) electrons. The van der Waals surface area contributed by atoms with E-state index in [4.69, 9.17) is 22.1 Å². The van der Waals surface area contributed by atoms with Crippen molar-refractivity contribution in [2.24, 2.45) is 5.73 Å². The van der Waals surface area contributed by atoms with Crippen LogP contribution in [0.3, 0.4) is 0 Å². The molecule has 0 saturated heterocycles. The van der Waals surface area contributed by atoms with E-state index in [1.807, 2.05) is 19.9 Å². The Bertz CT molecular complexity index is 302. The minimum Gasteiger partial charge on any atom is -0.492 e. The van der Waals surface area contributed by atoms with Crippen molar-refractivity contribution in [3.63, 3.8) is 0 Å². The van der Waals surface area contributed by atoms with Crippen molar-refractivity contribution in [2.45, 2.75) is 26.3 Å². The van der Waals surface area contributed by atoms with Gasteiger partial charge in [0.2, 0.25) is 0 Å². The molecule has 0 spiro atoms. The Labute approximate surface area is 89.2 Å². The van der Waals surface area contributed by atoms with E-state index in [-0.39, 0.29) is 6.04 Å². The van der Waals surface area contributed by atoms with Crippen molar-refractivity contribution in [3.8, 4) is 5.75 Å². The van der Waals surface area contributed by atoms with Gasteiger partial charge in [-0.15, -0.1) is 0 Å². The van der Waals surface area contributed by atoms with Crippen molar-refractivity contribution in [1.82, 2.24) is 4.98 Å². The number of halogens is 1. The quantitative estimate of drug-likeness (QED) is 0.782. The van der Waals surface area contributed by atoms with Gasteiger partial charge in [-0.2, -0.15) is 0 Å². The highest BCUT2D eigenvalue weighted by atomic mass is 35.5. The van der Waals surface area contributed by atoms with Crippen LogP contribution in [0.2, 0.25) is 5.15 Å². The maximum atomic E-state index is 5.78. The Morgan fingerprint density at radius 1 is 1.64 bits per heavy atom. The predicted molar refractivity (Wildman–Crippen MR) is 57.7 cm³/mol. The lowest BCUT2D eigenvalue weighted by molar-refractivity contribution is 0.300. The number of nitrogens with two attached hydrogens (primary N) is 1. The average molecular weight is 215 g/mol. The molecule has 0 aliphatic carbocycles. The van der Waals surface area contributed by atoms with Crippen LogP contribution in [-0.2, 0) is 0 Å². The topological polar surface area (TPSA) is 48.1 Å². The molecule has 0 aliphatic rings. The van der Waals surface area contributed by atoms with Crippen LogP contribution in [0.5, 0.6) is 5.75 Å². The minimum atomic E-state index is 0.163. The number of aryl methyl sites for hydroxylation is 1. The normalized spacial score (nSPS) is 12.6. The third-order valence-corrected chi connectivity index (χ3v) is 2.23. The van der Waals surface area contributed by atoms with Gasteiger partial charge in [-0.05, 0) is 31.9 Å². The molecule has 2 N–H and O–H groups in total. The van der Waals surface area contributed by atoms with Crippen molar-refractivity contribution in [1.29, 1.82) is 0 Å².